The number of aromatic nitrogens is 2. The highest BCUT2D eigenvalue weighted by Gasteiger charge is 2.16. The molecular weight excluding hydrogens is 180 g/mol. The van der Waals surface area contributed by atoms with E-state index in [-0.39, 0.29) is 11.7 Å². The summed E-state index contributed by atoms with van der Waals surface area (Å²) >= 11 is 0. The van der Waals surface area contributed by atoms with E-state index < -0.39 is 0 Å². The molecule has 0 aliphatic carbocycles. The summed E-state index contributed by atoms with van der Waals surface area (Å²) in [5.74, 6) is 0.467. The van der Waals surface area contributed by atoms with Gasteiger partial charge in [0.05, 0.1) is 18.7 Å². The third-order valence-electron chi connectivity index (χ3n) is 2.13. The predicted molar refractivity (Wildman–Crippen MR) is 52.3 cm³/mol. The van der Waals surface area contributed by atoms with Gasteiger partial charge in [0.2, 0.25) is 5.88 Å². The van der Waals surface area contributed by atoms with Crippen LogP contribution in [0, 0.1) is 0 Å². The summed E-state index contributed by atoms with van der Waals surface area (Å²) in [6.45, 7) is 3.53. The molecule has 4 heteroatoms. The Morgan fingerprint density at radius 3 is 2.79 bits per heavy atom. The van der Waals surface area contributed by atoms with Crippen molar-refractivity contribution in [3.8, 4) is 5.88 Å². The number of ketones is 1. The zero-order valence-electron chi connectivity index (χ0n) is 8.65. The second-order valence-electron chi connectivity index (χ2n) is 3.06. The average Bonchev–Trinajstić information content (AvgIpc) is 2.19. The number of nitrogens with zero attached hydrogens (tertiary/aromatic N) is 2. The summed E-state index contributed by atoms with van der Waals surface area (Å²) in [7, 11) is 1.54. The minimum Gasteiger partial charge on any atom is -0.481 e. The number of ether oxygens (including phenoxy) is 1. The van der Waals surface area contributed by atoms with Gasteiger partial charge in [0.1, 0.15) is 12.1 Å². The zero-order chi connectivity index (χ0) is 10.6. The molecule has 0 aliphatic rings. The standard InChI is InChI=1S/C10H14N2O2/c1-4-8(7(2)13)9-5-10(14-3)12-6-11-9/h5-6,8H,4H2,1-3H3. The summed E-state index contributed by atoms with van der Waals surface area (Å²) in [5.41, 5.74) is 0.729. The molecule has 0 spiro atoms. The van der Waals surface area contributed by atoms with Crippen molar-refractivity contribution in [2.75, 3.05) is 7.11 Å². The van der Waals surface area contributed by atoms with Crippen molar-refractivity contribution in [1.29, 1.82) is 0 Å². The molecular formula is C10H14N2O2. The molecule has 4 nitrogen and oxygen atoms in total. The molecule has 14 heavy (non-hydrogen) atoms. The topological polar surface area (TPSA) is 52.1 Å². The quantitative estimate of drug-likeness (QED) is 0.730. The molecule has 1 aromatic rings. The van der Waals surface area contributed by atoms with Gasteiger partial charge in [-0.15, -0.1) is 0 Å². The van der Waals surface area contributed by atoms with Crippen LogP contribution >= 0.6 is 0 Å². The van der Waals surface area contributed by atoms with Gasteiger partial charge in [-0.05, 0) is 13.3 Å². The van der Waals surface area contributed by atoms with E-state index >= 15 is 0 Å². The Kier molecular flexibility index (Phi) is 3.56. The molecule has 0 N–H and O–H groups in total. The maximum Gasteiger partial charge on any atom is 0.216 e. The van der Waals surface area contributed by atoms with Crippen molar-refractivity contribution in [2.24, 2.45) is 0 Å². The molecule has 1 atom stereocenters. The van der Waals surface area contributed by atoms with Gasteiger partial charge in [-0.1, -0.05) is 6.92 Å². The number of hydrogen-bond donors (Lipinski definition) is 0. The van der Waals surface area contributed by atoms with Gasteiger partial charge in [-0.3, -0.25) is 4.79 Å². The highest BCUT2D eigenvalue weighted by atomic mass is 16.5. The van der Waals surface area contributed by atoms with Crippen LogP contribution in [0.4, 0.5) is 0 Å². The van der Waals surface area contributed by atoms with Crippen molar-refractivity contribution < 1.29 is 9.53 Å². The van der Waals surface area contributed by atoms with Gasteiger partial charge in [0.15, 0.2) is 0 Å². The van der Waals surface area contributed by atoms with Gasteiger partial charge in [-0.2, -0.15) is 0 Å². The van der Waals surface area contributed by atoms with Crippen LogP contribution in [-0.4, -0.2) is 22.9 Å². The lowest BCUT2D eigenvalue weighted by molar-refractivity contribution is -0.118. The van der Waals surface area contributed by atoms with E-state index in [9.17, 15) is 4.79 Å². The molecule has 1 aromatic heterocycles. The van der Waals surface area contributed by atoms with Crippen molar-refractivity contribution in [3.05, 3.63) is 18.1 Å². The Balaban J connectivity index is 2.98. The average molecular weight is 194 g/mol. The van der Waals surface area contributed by atoms with Crippen LogP contribution in [-0.2, 0) is 4.79 Å². The third-order valence-corrected chi connectivity index (χ3v) is 2.13. The second kappa shape index (κ2) is 4.69. The van der Waals surface area contributed by atoms with E-state index in [0.29, 0.717) is 5.88 Å². The highest BCUT2D eigenvalue weighted by Crippen LogP contribution is 2.20. The van der Waals surface area contributed by atoms with Gasteiger partial charge in [0.25, 0.3) is 0 Å². The van der Waals surface area contributed by atoms with E-state index in [1.807, 2.05) is 6.92 Å². The fourth-order valence-electron chi connectivity index (χ4n) is 1.36. The third kappa shape index (κ3) is 2.28. The Labute approximate surface area is 83.3 Å². The number of Topliss-reactive ketones (excluding diaryl/α,β-unsaturated/α-hetero) is 1. The maximum atomic E-state index is 11.3. The first-order valence-electron chi connectivity index (χ1n) is 4.55. The Bertz CT molecular complexity index is 326. The Hall–Kier alpha value is -1.45. The molecule has 0 saturated heterocycles. The lowest BCUT2D eigenvalue weighted by Crippen LogP contribution is -2.09. The lowest BCUT2D eigenvalue weighted by Gasteiger charge is -2.10. The first-order chi connectivity index (χ1) is 6.69. The molecule has 0 amide bonds. The Morgan fingerprint density at radius 1 is 1.57 bits per heavy atom. The van der Waals surface area contributed by atoms with Crippen molar-refractivity contribution in [1.82, 2.24) is 9.97 Å². The molecule has 76 valence electrons. The smallest absolute Gasteiger partial charge is 0.216 e. The lowest BCUT2D eigenvalue weighted by atomic mass is 9.98. The van der Waals surface area contributed by atoms with Crippen LogP contribution in [0.1, 0.15) is 31.9 Å². The minimum atomic E-state index is -0.146. The molecule has 1 rings (SSSR count). The number of hydrogen-bond acceptors (Lipinski definition) is 4. The molecule has 0 aromatic carbocycles. The predicted octanol–water partition coefficient (Wildman–Crippen LogP) is 1.57. The summed E-state index contributed by atoms with van der Waals surface area (Å²) < 4.78 is 4.97. The number of rotatable bonds is 4. The van der Waals surface area contributed by atoms with Crippen molar-refractivity contribution in [3.63, 3.8) is 0 Å². The molecule has 0 saturated carbocycles. The van der Waals surface area contributed by atoms with Crippen LogP contribution in [0.25, 0.3) is 0 Å². The van der Waals surface area contributed by atoms with Gasteiger partial charge < -0.3 is 4.74 Å². The molecule has 0 aliphatic heterocycles. The van der Waals surface area contributed by atoms with E-state index in [1.54, 1.807) is 20.1 Å². The Morgan fingerprint density at radius 2 is 2.29 bits per heavy atom. The van der Waals surface area contributed by atoms with Gasteiger partial charge >= 0.3 is 0 Å². The van der Waals surface area contributed by atoms with Crippen molar-refractivity contribution in [2.45, 2.75) is 26.2 Å². The van der Waals surface area contributed by atoms with E-state index in [1.165, 1.54) is 6.33 Å². The largest absolute Gasteiger partial charge is 0.481 e. The SMILES string of the molecule is CCC(C(C)=O)c1cc(OC)ncn1. The van der Waals surface area contributed by atoms with E-state index in [2.05, 4.69) is 9.97 Å². The fourth-order valence-corrected chi connectivity index (χ4v) is 1.36. The second-order valence-corrected chi connectivity index (χ2v) is 3.06. The molecule has 0 bridgehead atoms. The number of carbonyl (C=O) groups excluding carboxylic acids is 1. The summed E-state index contributed by atoms with van der Waals surface area (Å²) in [6.07, 6.45) is 2.16. The van der Waals surface area contributed by atoms with Crippen molar-refractivity contribution >= 4 is 5.78 Å². The van der Waals surface area contributed by atoms with Crippen LogP contribution in [0.5, 0.6) is 5.88 Å². The van der Waals surface area contributed by atoms with E-state index in [0.717, 1.165) is 12.1 Å². The van der Waals surface area contributed by atoms with Crippen LogP contribution < -0.4 is 4.74 Å². The summed E-state index contributed by atoms with van der Waals surface area (Å²) in [5, 5.41) is 0. The van der Waals surface area contributed by atoms with Gasteiger partial charge in [0, 0.05) is 6.07 Å². The highest BCUT2D eigenvalue weighted by molar-refractivity contribution is 5.82. The summed E-state index contributed by atoms with van der Waals surface area (Å²) in [6, 6.07) is 1.70. The monoisotopic (exact) mass is 194 g/mol. The first kappa shape index (κ1) is 10.6. The molecule has 0 fully saturated rings. The maximum absolute atomic E-state index is 11.3. The first-order valence-corrected chi connectivity index (χ1v) is 4.55. The number of methoxy groups -OCH3 is 1. The van der Waals surface area contributed by atoms with Crippen LogP contribution in [0.3, 0.4) is 0 Å². The van der Waals surface area contributed by atoms with E-state index in [4.69, 9.17) is 4.74 Å². The van der Waals surface area contributed by atoms with Gasteiger partial charge in [-0.25, -0.2) is 9.97 Å². The van der Waals surface area contributed by atoms with Crippen LogP contribution in [0.2, 0.25) is 0 Å². The summed E-state index contributed by atoms with van der Waals surface area (Å²) in [4.78, 5) is 19.2. The zero-order valence-corrected chi connectivity index (χ0v) is 8.65. The number of carbonyl (C=O) groups is 1. The van der Waals surface area contributed by atoms with Crippen LogP contribution in [0.15, 0.2) is 12.4 Å². The molecule has 0 radical (unpaired) electrons. The molecule has 1 unspecified atom stereocenters. The fraction of sp³-hybridized carbons (Fsp3) is 0.500. The molecule has 1 heterocycles. The minimum absolute atomic E-state index is 0.119. The normalized spacial score (nSPS) is 12.2.